The Labute approximate surface area is 92.6 Å². The maximum Gasteiger partial charge on any atom is 0.157 e. The van der Waals surface area contributed by atoms with Crippen molar-refractivity contribution in [3.8, 4) is 0 Å². The van der Waals surface area contributed by atoms with Crippen molar-refractivity contribution in [3.05, 3.63) is 46.8 Å². The van der Waals surface area contributed by atoms with E-state index in [1.807, 2.05) is 0 Å². The van der Waals surface area contributed by atoms with Gasteiger partial charge < -0.3 is 0 Å². The molecule has 0 bridgehead atoms. The minimum Gasteiger partial charge on any atom is -0.295 e. The summed E-state index contributed by atoms with van der Waals surface area (Å²) in [4.78, 5) is 11.3. The van der Waals surface area contributed by atoms with Gasteiger partial charge in [-0.25, -0.2) is 4.39 Å². The molecule has 1 atom stereocenters. The van der Waals surface area contributed by atoms with Crippen molar-refractivity contribution in [3.63, 3.8) is 0 Å². The summed E-state index contributed by atoms with van der Waals surface area (Å²) in [7, 11) is 0. The lowest BCUT2D eigenvalue weighted by Gasteiger charge is -2.19. The Kier molecular flexibility index (Phi) is 2.87. The van der Waals surface area contributed by atoms with Crippen LogP contribution < -0.4 is 0 Å². The van der Waals surface area contributed by atoms with Crippen LogP contribution in [0.4, 0.5) is 4.39 Å². The summed E-state index contributed by atoms with van der Waals surface area (Å²) in [5.41, 5.74) is 0.969. The van der Waals surface area contributed by atoms with Crippen LogP contribution in [0.25, 0.3) is 0 Å². The number of hydrogen-bond donors (Lipinski definition) is 0. The first-order chi connectivity index (χ1) is 7.15. The van der Waals surface area contributed by atoms with Crippen LogP contribution in [-0.4, -0.2) is 5.78 Å². The van der Waals surface area contributed by atoms with Gasteiger partial charge in [0, 0.05) is 11.5 Å². The third kappa shape index (κ3) is 2.45. The third-order valence-corrected chi connectivity index (χ3v) is 2.81. The average molecular weight is 225 g/mol. The van der Waals surface area contributed by atoms with Crippen LogP contribution in [0, 0.1) is 5.82 Å². The van der Waals surface area contributed by atoms with Crippen molar-refractivity contribution in [2.75, 3.05) is 0 Å². The zero-order valence-electron chi connectivity index (χ0n) is 8.04. The Hall–Kier alpha value is -1.15. The van der Waals surface area contributed by atoms with Crippen molar-refractivity contribution < 1.29 is 9.18 Å². The predicted molar refractivity (Wildman–Crippen MR) is 57.3 cm³/mol. The van der Waals surface area contributed by atoms with Crippen LogP contribution in [0.1, 0.15) is 24.3 Å². The largest absolute Gasteiger partial charge is 0.295 e. The smallest absolute Gasteiger partial charge is 0.157 e. The summed E-state index contributed by atoms with van der Waals surface area (Å²) in [6.07, 6.45) is 2.60. The molecule has 0 heterocycles. The number of hydrogen-bond acceptors (Lipinski definition) is 1. The van der Waals surface area contributed by atoms with Crippen molar-refractivity contribution in [2.45, 2.75) is 18.8 Å². The molecule has 0 saturated heterocycles. The molecule has 1 aromatic rings. The number of benzene rings is 1. The minimum absolute atomic E-state index is 0.0422. The fourth-order valence-corrected chi connectivity index (χ4v) is 2.12. The molecule has 0 aliphatic heterocycles. The van der Waals surface area contributed by atoms with Gasteiger partial charge in [0.05, 0.1) is 0 Å². The number of carbonyl (C=O) groups is 1. The van der Waals surface area contributed by atoms with E-state index in [0.717, 1.165) is 5.56 Å². The number of allylic oxidation sites excluding steroid dienone is 2. The molecule has 1 unspecified atom stereocenters. The summed E-state index contributed by atoms with van der Waals surface area (Å²) in [5, 5.41) is 0.584. The highest BCUT2D eigenvalue weighted by molar-refractivity contribution is 6.31. The first-order valence-corrected chi connectivity index (χ1v) is 5.17. The maximum atomic E-state index is 12.7. The molecule has 3 heteroatoms. The molecule has 0 fully saturated rings. The Balaban J connectivity index is 2.22. The van der Waals surface area contributed by atoms with Crippen LogP contribution in [-0.2, 0) is 4.79 Å². The van der Waals surface area contributed by atoms with Crippen LogP contribution >= 0.6 is 11.6 Å². The van der Waals surface area contributed by atoms with E-state index in [1.54, 1.807) is 12.1 Å². The Morgan fingerprint density at radius 2 is 1.87 bits per heavy atom. The quantitative estimate of drug-likeness (QED) is 0.715. The van der Waals surface area contributed by atoms with Crippen molar-refractivity contribution in [2.24, 2.45) is 0 Å². The highest BCUT2D eigenvalue weighted by Crippen LogP contribution is 2.32. The van der Waals surface area contributed by atoms with Gasteiger partial charge in [0.25, 0.3) is 0 Å². The summed E-state index contributed by atoms with van der Waals surface area (Å²) in [5.74, 6) is -0.126. The van der Waals surface area contributed by atoms with Gasteiger partial charge in [-0.15, -0.1) is 0 Å². The molecule has 1 aliphatic rings. The molecule has 0 N–H and O–H groups in total. The Morgan fingerprint density at radius 1 is 1.20 bits per heavy atom. The Morgan fingerprint density at radius 3 is 2.47 bits per heavy atom. The van der Waals surface area contributed by atoms with Crippen molar-refractivity contribution in [1.29, 1.82) is 0 Å². The summed E-state index contributed by atoms with van der Waals surface area (Å²) in [6.45, 7) is 0. The van der Waals surface area contributed by atoms with E-state index in [0.29, 0.717) is 17.9 Å². The lowest BCUT2D eigenvalue weighted by molar-refractivity contribution is -0.115. The van der Waals surface area contributed by atoms with E-state index in [-0.39, 0.29) is 17.5 Å². The topological polar surface area (TPSA) is 17.1 Å². The zero-order valence-corrected chi connectivity index (χ0v) is 8.80. The molecule has 1 aromatic carbocycles. The average Bonchev–Trinajstić information content (AvgIpc) is 2.17. The number of carbonyl (C=O) groups excluding carboxylic acids is 1. The lowest BCUT2D eigenvalue weighted by atomic mass is 9.87. The second-order valence-electron chi connectivity index (χ2n) is 3.71. The van der Waals surface area contributed by atoms with Gasteiger partial charge in [-0.2, -0.15) is 0 Å². The second-order valence-corrected chi connectivity index (χ2v) is 4.20. The number of ketones is 1. The van der Waals surface area contributed by atoms with E-state index in [2.05, 4.69) is 0 Å². The van der Waals surface area contributed by atoms with Gasteiger partial charge in [0.15, 0.2) is 5.78 Å². The summed E-state index contributed by atoms with van der Waals surface area (Å²) >= 11 is 5.85. The van der Waals surface area contributed by atoms with Gasteiger partial charge in [0.1, 0.15) is 5.82 Å². The first kappa shape index (κ1) is 10.4. The molecule has 0 amide bonds. The van der Waals surface area contributed by atoms with Crippen molar-refractivity contribution in [1.82, 2.24) is 0 Å². The molecule has 0 aromatic heterocycles. The fraction of sp³-hybridized carbons (Fsp3) is 0.250. The van der Waals surface area contributed by atoms with Crippen LogP contribution in [0.2, 0.25) is 0 Å². The van der Waals surface area contributed by atoms with E-state index in [9.17, 15) is 9.18 Å². The van der Waals surface area contributed by atoms with Gasteiger partial charge in [-0.3, -0.25) is 4.79 Å². The number of halogens is 2. The predicted octanol–water partition coefficient (Wildman–Crippen LogP) is 3.39. The lowest BCUT2D eigenvalue weighted by Crippen LogP contribution is -2.10. The molecular weight excluding hydrogens is 215 g/mol. The maximum absolute atomic E-state index is 12.7. The first-order valence-electron chi connectivity index (χ1n) is 4.79. The van der Waals surface area contributed by atoms with E-state index in [4.69, 9.17) is 11.6 Å². The third-order valence-electron chi connectivity index (χ3n) is 2.55. The fourth-order valence-electron chi connectivity index (χ4n) is 1.81. The monoisotopic (exact) mass is 224 g/mol. The molecule has 0 saturated carbocycles. The van der Waals surface area contributed by atoms with Gasteiger partial charge in [0.2, 0.25) is 0 Å². The van der Waals surface area contributed by atoms with Gasteiger partial charge in [-0.05, 0) is 36.1 Å². The van der Waals surface area contributed by atoms with Gasteiger partial charge in [-0.1, -0.05) is 23.7 Å². The van der Waals surface area contributed by atoms with E-state index >= 15 is 0 Å². The van der Waals surface area contributed by atoms with E-state index < -0.39 is 0 Å². The standard InChI is InChI=1S/C12H10ClFO/c13-10-5-9(6-12(15)7-10)8-1-3-11(14)4-2-8/h1-4,7,9H,5-6H2. The molecule has 78 valence electrons. The van der Waals surface area contributed by atoms with E-state index in [1.165, 1.54) is 18.2 Å². The summed E-state index contributed by atoms with van der Waals surface area (Å²) in [6, 6.07) is 6.24. The normalized spacial score (nSPS) is 21.3. The molecule has 1 aliphatic carbocycles. The highest BCUT2D eigenvalue weighted by Gasteiger charge is 2.21. The van der Waals surface area contributed by atoms with Gasteiger partial charge >= 0.3 is 0 Å². The molecule has 1 nitrogen and oxygen atoms in total. The SMILES string of the molecule is O=C1C=C(Cl)CC(c2ccc(F)cc2)C1. The number of rotatable bonds is 1. The molecule has 0 spiro atoms. The molecule has 2 rings (SSSR count). The van der Waals surface area contributed by atoms with Crippen molar-refractivity contribution >= 4 is 17.4 Å². The van der Waals surface area contributed by atoms with Crippen LogP contribution in [0.3, 0.4) is 0 Å². The highest BCUT2D eigenvalue weighted by atomic mass is 35.5. The molecule has 0 radical (unpaired) electrons. The summed E-state index contributed by atoms with van der Waals surface area (Å²) < 4.78 is 12.7. The molecule has 15 heavy (non-hydrogen) atoms. The van der Waals surface area contributed by atoms with Crippen LogP contribution in [0.15, 0.2) is 35.4 Å². The minimum atomic E-state index is -0.262. The molecular formula is C12H10ClFO. The second kappa shape index (κ2) is 4.15. The van der Waals surface area contributed by atoms with Crippen LogP contribution in [0.5, 0.6) is 0 Å². The Bertz CT molecular complexity index is 408. The zero-order chi connectivity index (χ0) is 10.8.